The van der Waals surface area contributed by atoms with Gasteiger partial charge in [0.25, 0.3) is 0 Å². The van der Waals surface area contributed by atoms with Crippen molar-refractivity contribution in [1.82, 2.24) is 0 Å². The van der Waals surface area contributed by atoms with Gasteiger partial charge in [-0.05, 0) is 23.9 Å². The first kappa shape index (κ1) is 15.6. The summed E-state index contributed by atoms with van der Waals surface area (Å²) in [6.07, 6.45) is 0. The van der Waals surface area contributed by atoms with Crippen molar-refractivity contribution >= 4 is 34.1 Å². The molecule has 0 radical (unpaired) electrons. The third kappa shape index (κ3) is 4.14. The van der Waals surface area contributed by atoms with Crippen LogP contribution in [0.2, 0.25) is 0 Å². The van der Waals surface area contributed by atoms with Crippen LogP contribution in [-0.4, -0.2) is 11.7 Å². The Morgan fingerprint density at radius 1 is 1.00 bits per heavy atom. The summed E-state index contributed by atoms with van der Waals surface area (Å²) < 4.78 is 0. The number of amides is 1. The van der Waals surface area contributed by atoms with Crippen LogP contribution in [0.3, 0.4) is 0 Å². The van der Waals surface area contributed by atoms with Crippen molar-refractivity contribution in [3.63, 3.8) is 0 Å². The summed E-state index contributed by atoms with van der Waals surface area (Å²) in [4.78, 5) is 12.2. The van der Waals surface area contributed by atoms with E-state index in [9.17, 15) is 4.79 Å². The molecule has 0 heterocycles. The van der Waals surface area contributed by atoms with Crippen LogP contribution < -0.4 is 5.32 Å². The molecule has 0 atom stereocenters. The molecule has 0 aliphatic rings. The second-order valence-electron chi connectivity index (χ2n) is 5.56. The zero-order valence-corrected chi connectivity index (χ0v) is 13.9. The molecule has 2 nitrogen and oxygen atoms in total. The molecule has 23 heavy (non-hydrogen) atoms. The highest BCUT2D eigenvalue weighted by Crippen LogP contribution is 2.23. The first-order valence-electron chi connectivity index (χ1n) is 7.63. The quantitative estimate of drug-likeness (QED) is 0.715. The van der Waals surface area contributed by atoms with Crippen LogP contribution in [0.25, 0.3) is 10.8 Å². The Morgan fingerprint density at radius 3 is 2.65 bits per heavy atom. The van der Waals surface area contributed by atoms with Gasteiger partial charge in [0.15, 0.2) is 0 Å². The molecule has 0 fully saturated rings. The van der Waals surface area contributed by atoms with Gasteiger partial charge in [-0.2, -0.15) is 0 Å². The normalized spacial score (nSPS) is 10.7. The standard InChI is InChI=1S/C20H19NOS/c1-15-6-4-7-16(12-15)13-23-14-20(22)21-19-11-5-9-17-8-2-3-10-18(17)19/h2-12H,13-14H2,1H3,(H,21,22). The van der Waals surface area contributed by atoms with Crippen molar-refractivity contribution in [3.05, 3.63) is 77.9 Å². The molecule has 3 aromatic carbocycles. The summed E-state index contributed by atoms with van der Waals surface area (Å²) in [5, 5.41) is 5.24. The van der Waals surface area contributed by atoms with Gasteiger partial charge in [-0.15, -0.1) is 11.8 Å². The molecule has 0 aliphatic carbocycles. The number of thioether (sulfide) groups is 1. The molecule has 0 unspecified atom stereocenters. The Kier molecular flexibility index (Phi) is 4.99. The molecule has 0 aromatic heterocycles. The minimum Gasteiger partial charge on any atom is -0.325 e. The smallest absolute Gasteiger partial charge is 0.234 e. The van der Waals surface area contributed by atoms with Gasteiger partial charge in [-0.3, -0.25) is 4.79 Å². The maximum Gasteiger partial charge on any atom is 0.234 e. The van der Waals surface area contributed by atoms with Crippen molar-refractivity contribution in [2.24, 2.45) is 0 Å². The van der Waals surface area contributed by atoms with Gasteiger partial charge < -0.3 is 5.32 Å². The number of hydrogen-bond donors (Lipinski definition) is 1. The molecule has 3 aromatic rings. The Balaban J connectivity index is 1.59. The summed E-state index contributed by atoms with van der Waals surface area (Å²) in [6, 6.07) is 22.5. The van der Waals surface area contributed by atoms with E-state index in [0.717, 1.165) is 22.2 Å². The van der Waals surface area contributed by atoms with E-state index in [2.05, 4.69) is 48.6 Å². The van der Waals surface area contributed by atoms with Crippen molar-refractivity contribution in [1.29, 1.82) is 0 Å². The third-order valence-corrected chi connectivity index (χ3v) is 4.65. The molecule has 0 saturated heterocycles. The SMILES string of the molecule is Cc1cccc(CSCC(=O)Nc2cccc3ccccc23)c1. The second kappa shape index (κ2) is 7.34. The number of benzene rings is 3. The van der Waals surface area contributed by atoms with Crippen molar-refractivity contribution in [2.45, 2.75) is 12.7 Å². The first-order chi connectivity index (χ1) is 11.2. The molecule has 0 aliphatic heterocycles. The fourth-order valence-electron chi connectivity index (χ4n) is 2.58. The highest BCUT2D eigenvalue weighted by molar-refractivity contribution is 7.99. The molecule has 3 heteroatoms. The Bertz CT molecular complexity index is 823. The lowest BCUT2D eigenvalue weighted by Crippen LogP contribution is -2.14. The van der Waals surface area contributed by atoms with Crippen molar-refractivity contribution < 1.29 is 4.79 Å². The van der Waals surface area contributed by atoms with Crippen LogP contribution in [-0.2, 0) is 10.5 Å². The molecule has 0 saturated carbocycles. The van der Waals surface area contributed by atoms with Crippen LogP contribution in [0.1, 0.15) is 11.1 Å². The Labute approximate surface area is 140 Å². The molecule has 1 N–H and O–H groups in total. The molecule has 1 amide bonds. The fourth-order valence-corrected chi connectivity index (χ4v) is 3.36. The van der Waals surface area contributed by atoms with E-state index in [1.54, 1.807) is 11.8 Å². The van der Waals surface area contributed by atoms with Gasteiger partial charge in [0.1, 0.15) is 0 Å². The molecule has 3 rings (SSSR count). The van der Waals surface area contributed by atoms with Crippen LogP contribution in [0.5, 0.6) is 0 Å². The monoisotopic (exact) mass is 321 g/mol. The maximum absolute atomic E-state index is 12.2. The number of hydrogen-bond acceptors (Lipinski definition) is 2. The van der Waals surface area contributed by atoms with E-state index in [1.807, 2.05) is 30.3 Å². The first-order valence-corrected chi connectivity index (χ1v) is 8.79. The zero-order valence-electron chi connectivity index (χ0n) is 13.1. The topological polar surface area (TPSA) is 29.1 Å². The Hall–Kier alpha value is -2.26. The largest absolute Gasteiger partial charge is 0.325 e. The number of nitrogens with one attached hydrogen (secondary N) is 1. The van der Waals surface area contributed by atoms with Crippen LogP contribution in [0.15, 0.2) is 66.7 Å². The summed E-state index contributed by atoms with van der Waals surface area (Å²) in [5.74, 6) is 1.35. The number of carbonyl (C=O) groups is 1. The number of fused-ring (bicyclic) bond motifs is 1. The molecule has 0 bridgehead atoms. The van der Waals surface area contributed by atoms with Crippen LogP contribution >= 0.6 is 11.8 Å². The second-order valence-corrected chi connectivity index (χ2v) is 6.54. The molecular formula is C20H19NOS. The molecular weight excluding hydrogens is 302 g/mol. The molecule has 116 valence electrons. The Morgan fingerprint density at radius 2 is 1.78 bits per heavy atom. The van der Waals surface area contributed by atoms with Gasteiger partial charge in [-0.1, -0.05) is 66.2 Å². The lowest BCUT2D eigenvalue weighted by Gasteiger charge is -2.09. The lowest BCUT2D eigenvalue weighted by molar-refractivity contribution is -0.113. The summed E-state index contributed by atoms with van der Waals surface area (Å²) in [6.45, 7) is 2.08. The van der Waals surface area contributed by atoms with E-state index >= 15 is 0 Å². The third-order valence-electron chi connectivity index (χ3n) is 3.65. The van der Waals surface area contributed by atoms with Crippen LogP contribution in [0.4, 0.5) is 5.69 Å². The molecule has 0 spiro atoms. The van der Waals surface area contributed by atoms with E-state index in [1.165, 1.54) is 11.1 Å². The highest BCUT2D eigenvalue weighted by Gasteiger charge is 2.06. The van der Waals surface area contributed by atoms with Crippen molar-refractivity contribution in [2.75, 3.05) is 11.1 Å². The predicted molar refractivity (Wildman–Crippen MR) is 99.9 cm³/mol. The zero-order chi connectivity index (χ0) is 16.1. The summed E-state index contributed by atoms with van der Waals surface area (Å²) in [5.41, 5.74) is 3.39. The maximum atomic E-state index is 12.2. The van der Waals surface area contributed by atoms with Crippen molar-refractivity contribution in [3.8, 4) is 0 Å². The highest BCUT2D eigenvalue weighted by atomic mass is 32.2. The number of aryl methyl sites for hydroxylation is 1. The average Bonchev–Trinajstić information content (AvgIpc) is 2.55. The predicted octanol–water partition coefficient (Wildman–Crippen LogP) is 5.02. The van der Waals surface area contributed by atoms with E-state index in [-0.39, 0.29) is 5.91 Å². The minimum atomic E-state index is 0.0407. The average molecular weight is 321 g/mol. The summed E-state index contributed by atoms with van der Waals surface area (Å²) >= 11 is 1.64. The number of rotatable bonds is 5. The van der Waals surface area contributed by atoms with Gasteiger partial charge in [0.2, 0.25) is 5.91 Å². The number of anilines is 1. The van der Waals surface area contributed by atoms with Gasteiger partial charge in [0.05, 0.1) is 5.75 Å². The van der Waals surface area contributed by atoms with Gasteiger partial charge >= 0.3 is 0 Å². The fraction of sp³-hybridized carbons (Fsp3) is 0.150. The van der Waals surface area contributed by atoms with Crippen LogP contribution in [0, 0.1) is 6.92 Å². The van der Waals surface area contributed by atoms with Gasteiger partial charge in [-0.25, -0.2) is 0 Å². The van der Waals surface area contributed by atoms with E-state index in [4.69, 9.17) is 0 Å². The lowest BCUT2D eigenvalue weighted by atomic mass is 10.1. The summed E-state index contributed by atoms with van der Waals surface area (Å²) in [7, 11) is 0. The number of carbonyl (C=O) groups excluding carboxylic acids is 1. The van der Waals surface area contributed by atoms with E-state index in [0.29, 0.717) is 5.75 Å². The minimum absolute atomic E-state index is 0.0407. The van der Waals surface area contributed by atoms with E-state index < -0.39 is 0 Å². The van der Waals surface area contributed by atoms with Gasteiger partial charge in [0, 0.05) is 16.8 Å².